The zero-order chi connectivity index (χ0) is 19.7. The lowest BCUT2D eigenvalue weighted by Crippen LogP contribution is -2.36. The fourth-order valence-electron chi connectivity index (χ4n) is 3.76. The van der Waals surface area contributed by atoms with Gasteiger partial charge in [-0.05, 0) is 61.7 Å². The normalized spacial score (nSPS) is 16.0. The molecule has 3 aromatic rings. The van der Waals surface area contributed by atoms with Crippen LogP contribution in [0.3, 0.4) is 0 Å². The minimum absolute atomic E-state index is 0.158. The SMILES string of the molecule is O=c1c2ccc(F)cc2ncn1CC1CCN(Cc2ccc(F)c(F)c2)CC1. The smallest absolute Gasteiger partial charge is 0.261 e. The Morgan fingerprint density at radius 2 is 1.79 bits per heavy atom. The second kappa shape index (κ2) is 7.75. The van der Waals surface area contributed by atoms with Crippen LogP contribution in [0, 0.1) is 23.4 Å². The number of hydrogen-bond acceptors (Lipinski definition) is 3. The van der Waals surface area contributed by atoms with Crippen LogP contribution in [0.2, 0.25) is 0 Å². The van der Waals surface area contributed by atoms with Crippen LogP contribution >= 0.6 is 0 Å². The molecule has 1 aromatic heterocycles. The number of nitrogens with zero attached hydrogens (tertiary/aromatic N) is 3. The van der Waals surface area contributed by atoms with Gasteiger partial charge in [0, 0.05) is 19.2 Å². The summed E-state index contributed by atoms with van der Waals surface area (Å²) in [5.74, 6) is -1.74. The van der Waals surface area contributed by atoms with Crippen LogP contribution in [0.25, 0.3) is 10.9 Å². The van der Waals surface area contributed by atoms with Gasteiger partial charge in [-0.15, -0.1) is 0 Å². The number of rotatable bonds is 4. The minimum Gasteiger partial charge on any atom is -0.299 e. The Morgan fingerprint density at radius 3 is 2.54 bits per heavy atom. The van der Waals surface area contributed by atoms with Crippen molar-refractivity contribution in [2.45, 2.75) is 25.9 Å². The van der Waals surface area contributed by atoms with E-state index in [-0.39, 0.29) is 5.56 Å². The molecule has 0 radical (unpaired) electrons. The quantitative estimate of drug-likeness (QED) is 0.685. The molecule has 0 bridgehead atoms. The Balaban J connectivity index is 1.38. The first-order valence-electron chi connectivity index (χ1n) is 9.30. The van der Waals surface area contributed by atoms with Crippen molar-refractivity contribution in [3.05, 3.63) is 76.1 Å². The molecule has 1 aliphatic heterocycles. The van der Waals surface area contributed by atoms with Gasteiger partial charge in [-0.1, -0.05) is 6.07 Å². The van der Waals surface area contributed by atoms with Crippen molar-refractivity contribution >= 4 is 10.9 Å². The van der Waals surface area contributed by atoms with Gasteiger partial charge in [-0.2, -0.15) is 0 Å². The van der Waals surface area contributed by atoms with E-state index in [1.807, 2.05) is 0 Å². The number of hydrogen-bond donors (Lipinski definition) is 0. The van der Waals surface area contributed by atoms with Crippen LogP contribution in [0.1, 0.15) is 18.4 Å². The molecule has 1 saturated heterocycles. The Labute approximate surface area is 160 Å². The fraction of sp³-hybridized carbons (Fsp3) is 0.333. The molecule has 146 valence electrons. The van der Waals surface area contributed by atoms with Gasteiger partial charge in [0.25, 0.3) is 5.56 Å². The van der Waals surface area contributed by atoms with Gasteiger partial charge in [0.1, 0.15) is 5.82 Å². The molecule has 28 heavy (non-hydrogen) atoms. The Morgan fingerprint density at radius 1 is 1.00 bits per heavy atom. The first-order chi connectivity index (χ1) is 13.5. The summed E-state index contributed by atoms with van der Waals surface area (Å²) in [5.41, 5.74) is 0.955. The van der Waals surface area contributed by atoms with Gasteiger partial charge in [-0.25, -0.2) is 18.2 Å². The van der Waals surface area contributed by atoms with E-state index in [9.17, 15) is 18.0 Å². The molecule has 0 atom stereocenters. The summed E-state index contributed by atoms with van der Waals surface area (Å²) < 4.78 is 41.3. The van der Waals surface area contributed by atoms with Gasteiger partial charge >= 0.3 is 0 Å². The third kappa shape index (κ3) is 3.94. The van der Waals surface area contributed by atoms with E-state index in [1.165, 1.54) is 30.6 Å². The average molecular weight is 387 g/mol. The molecule has 0 saturated carbocycles. The van der Waals surface area contributed by atoms with Crippen LogP contribution < -0.4 is 5.56 Å². The van der Waals surface area contributed by atoms with Gasteiger partial charge < -0.3 is 0 Å². The van der Waals surface area contributed by atoms with E-state index in [0.29, 0.717) is 29.9 Å². The Kier molecular flexibility index (Phi) is 5.17. The standard InChI is InChI=1S/C21H20F3N3O/c22-16-2-3-17-20(10-16)25-13-27(21(17)28)12-14-5-7-26(8-6-14)11-15-1-4-18(23)19(24)9-15/h1-4,9-10,13-14H,5-8,11-12H2. The molecule has 0 aliphatic carbocycles. The average Bonchev–Trinajstić information content (AvgIpc) is 2.68. The first kappa shape index (κ1) is 18.7. The number of benzene rings is 2. The summed E-state index contributed by atoms with van der Waals surface area (Å²) in [6.07, 6.45) is 3.28. The van der Waals surface area contributed by atoms with Crippen molar-refractivity contribution in [2.75, 3.05) is 13.1 Å². The lowest BCUT2D eigenvalue weighted by molar-refractivity contribution is 0.166. The highest BCUT2D eigenvalue weighted by atomic mass is 19.2. The van der Waals surface area contributed by atoms with Crippen LogP contribution in [-0.4, -0.2) is 27.5 Å². The zero-order valence-electron chi connectivity index (χ0n) is 15.2. The molecule has 2 aromatic carbocycles. The van der Waals surface area contributed by atoms with E-state index in [2.05, 4.69) is 9.88 Å². The predicted molar refractivity (Wildman–Crippen MR) is 100 cm³/mol. The summed E-state index contributed by atoms with van der Waals surface area (Å²) in [4.78, 5) is 19.0. The molecule has 7 heteroatoms. The number of fused-ring (bicyclic) bond motifs is 1. The van der Waals surface area contributed by atoms with E-state index >= 15 is 0 Å². The lowest BCUT2D eigenvalue weighted by Gasteiger charge is -2.32. The lowest BCUT2D eigenvalue weighted by atomic mass is 9.96. The second-order valence-corrected chi connectivity index (χ2v) is 7.33. The topological polar surface area (TPSA) is 38.1 Å². The highest BCUT2D eigenvalue weighted by molar-refractivity contribution is 5.77. The summed E-state index contributed by atoms with van der Waals surface area (Å²) >= 11 is 0. The molecule has 0 unspecified atom stereocenters. The van der Waals surface area contributed by atoms with E-state index in [4.69, 9.17) is 0 Å². The highest BCUT2D eigenvalue weighted by Crippen LogP contribution is 2.21. The molecule has 1 fully saturated rings. The van der Waals surface area contributed by atoms with Gasteiger partial charge in [-0.3, -0.25) is 14.3 Å². The van der Waals surface area contributed by atoms with E-state index < -0.39 is 17.5 Å². The number of likely N-dealkylation sites (tertiary alicyclic amines) is 1. The molecule has 1 aliphatic rings. The van der Waals surface area contributed by atoms with E-state index in [1.54, 1.807) is 10.6 Å². The van der Waals surface area contributed by atoms with Crippen molar-refractivity contribution in [2.24, 2.45) is 5.92 Å². The van der Waals surface area contributed by atoms with E-state index in [0.717, 1.165) is 37.6 Å². The maximum Gasteiger partial charge on any atom is 0.261 e. The highest BCUT2D eigenvalue weighted by Gasteiger charge is 2.21. The first-order valence-corrected chi connectivity index (χ1v) is 9.30. The summed E-state index contributed by atoms with van der Waals surface area (Å²) in [7, 11) is 0. The van der Waals surface area contributed by atoms with Gasteiger partial charge in [0.15, 0.2) is 11.6 Å². The summed E-state index contributed by atoms with van der Waals surface area (Å²) in [6, 6.07) is 8.01. The third-order valence-corrected chi connectivity index (χ3v) is 5.34. The molecule has 4 rings (SSSR count). The van der Waals surface area contributed by atoms with Gasteiger partial charge in [0.2, 0.25) is 0 Å². The summed E-state index contributed by atoms with van der Waals surface area (Å²) in [5, 5.41) is 0.416. The molecular formula is C21H20F3N3O. The van der Waals surface area contributed by atoms with Crippen molar-refractivity contribution in [1.29, 1.82) is 0 Å². The minimum atomic E-state index is -0.834. The van der Waals surface area contributed by atoms with Gasteiger partial charge in [0.05, 0.1) is 17.2 Å². The monoisotopic (exact) mass is 387 g/mol. The van der Waals surface area contributed by atoms with Crippen molar-refractivity contribution in [1.82, 2.24) is 14.5 Å². The van der Waals surface area contributed by atoms with Crippen LogP contribution in [0.5, 0.6) is 0 Å². The summed E-state index contributed by atoms with van der Waals surface area (Å²) in [6.45, 7) is 2.79. The Hall–Kier alpha value is -2.67. The predicted octanol–water partition coefficient (Wildman–Crippen LogP) is 3.73. The van der Waals surface area contributed by atoms with Crippen LogP contribution in [0.4, 0.5) is 13.2 Å². The molecule has 0 N–H and O–H groups in total. The second-order valence-electron chi connectivity index (χ2n) is 7.33. The van der Waals surface area contributed by atoms with Crippen molar-refractivity contribution < 1.29 is 13.2 Å². The number of aromatic nitrogens is 2. The number of halogens is 3. The molecule has 2 heterocycles. The van der Waals surface area contributed by atoms with Crippen LogP contribution in [0.15, 0.2) is 47.5 Å². The van der Waals surface area contributed by atoms with Crippen molar-refractivity contribution in [3.8, 4) is 0 Å². The molecule has 0 spiro atoms. The third-order valence-electron chi connectivity index (χ3n) is 5.34. The maximum atomic E-state index is 13.4. The Bertz CT molecular complexity index is 1060. The van der Waals surface area contributed by atoms with Crippen LogP contribution in [-0.2, 0) is 13.1 Å². The molecule has 0 amide bonds. The molecule has 4 nitrogen and oxygen atoms in total. The molecular weight excluding hydrogens is 367 g/mol. The maximum absolute atomic E-state index is 13.4. The number of piperidine rings is 1. The fourth-order valence-corrected chi connectivity index (χ4v) is 3.76. The van der Waals surface area contributed by atoms with Crippen molar-refractivity contribution in [3.63, 3.8) is 0 Å². The largest absolute Gasteiger partial charge is 0.299 e. The zero-order valence-corrected chi connectivity index (χ0v) is 15.2.